The molecule has 7 heteroatoms. The number of carbonyl (C=O) groups excluding carboxylic acids is 1. The highest BCUT2D eigenvalue weighted by Gasteiger charge is 2.35. The molecule has 0 aliphatic heterocycles. The SMILES string of the molecule is CC1(C)CC(=O)c2cc(-c3nc(-c4ccc(Cl)cc4)cs3)c(=O)n(-c3ccccc3F)c2C1. The molecule has 0 saturated heterocycles. The fourth-order valence-electron chi connectivity index (χ4n) is 4.31. The van der Waals surface area contributed by atoms with E-state index < -0.39 is 5.82 Å². The number of pyridine rings is 1. The number of carbonyl (C=O) groups is 1. The lowest BCUT2D eigenvalue weighted by Gasteiger charge is -2.32. The largest absolute Gasteiger partial charge is 0.294 e. The second kappa shape index (κ2) is 8.04. The molecular formula is C26H20ClFN2O2S. The third kappa shape index (κ3) is 3.94. The van der Waals surface area contributed by atoms with Gasteiger partial charge < -0.3 is 0 Å². The Hall–Kier alpha value is -3.09. The molecular weight excluding hydrogens is 459 g/mol. The van der Waals surface area contributed by atoms with E-state index in [-0.39, 0.29) is 28.0 Å². The van der Waals surface area contributed by atoms with E-state index in [9.17, 15) is 14.0 Å². The van der Waals surface area contributed by atoms with Crippen molar-refractivity contribution >= 4 is 28.7 Å². The number of halogens is 2. The molecule has 0 saturated carbocycles. The molecule has 0 unspecified atom stereocenters. The molecule has 1 aliphatic carbocycles. The van der Waals surface area contributed by atoms with Crippen LogP contribution in [0.15, 0.2) is 64.8 Å². The molecule has 4 nitrogen and oxygen atoms in total. The van der Waals surface area contributed by atoms with Crippen LogP contribution in [-0.2, 0) is 6.42 Å². The van der Waals surface area contributed by atoms with Crippen LogP contribution >= 0.6 is 22.9 Å². The molecule has 0 radical (unpaired) electrons. The number of aromatic nitrogens is 2. The van der Waals surface area contributed by atoms with E-state index in [1.54, 1.807) is 36.4 Å². The lowest BCUT2D eigenvalue weighted by Crippen LogP contribution is -2.35. The number of Topliss-reactive ketones (excluding diaryl/α,β-unsaturated/α-hetero) is 1. The normalized spacial score (nSPS) is 14.8. The molecule has 0 amide bonds. The van der Waals surface area contributed by atoms with Crippen molar-refractivity contribution in [1.82, 2.24) is 9.55 Å². The minimum Gasteiger partial charge on any atom is -0.294 e. The molecule has 2 aromatic heterocycles. The van der Waals surface area contributed by atoms with Crippen molar-refractivity contribution in [3.63, 3.8) is 0 Å². The van der Waals surface area contributed by atoms with Gasteiger partial charge in [-0.05, 0) is 42.2 Å². The molecule has 0 bridgehead atoms. The average Bonchev–Trinajstić information content (AvgIpc) is 3.24. The zero-order valence-electron chi connectivity index (χ0n) is 18.1. The molecule has 2 heterocycles. The molecule has 166 valence electrons. The third-order valence-corrected chi connectivity index (χ3v) is 6.98. The number of benzene rings is 2. The van der Waals surface area contributed by atoms with Crippen molar-refractivity contribution in [2.45, 2.75) is 26.7 Å². The van der Waals surface area contributed by atoms with Crippen LogP contribution in [0.4, 0.5) is 4.39 Å². The van der Waals surface area contributed by atoms with Crippen LogP contribution in [0, 0.1) is 11.2 Å². The Balaban J connectivity index is 1.74. The van der Waals surface area contributed by atoms with Crippen molar-refractivity contribution in [3.8, 4) is 27.5 Å². The van der Waals surface area contributed by atoms with Gasteiger partial charge in [-0.25, -0.2) is 9.37 Å². The van der Waals surface area contributed by atoms with Crippen molar-refractivity contribution in [3.05, 3.63) is 92.4 Å². The highest BCUT2D eigenvalue weighted by Crippen LogP contribution is 2.37. The van der Waals surface area contributed by atoms with Crippen LogP contribution in [0.2, 0.25) is 5.02 Å². The summed E-state index contributed by atoms with van der Waals surface area (Å²) in [6, 6.07) is 15.1. The number of fused-ring (bicyclic) bond motifs is 1. The number of ketones is 1. The highest BCUT2D eigenvalue weighted by molar-refractivity contribution is 7.13. The maximum atomic E-state index is 14.8. The van der Waals surface area contributed by atoms with Gasteiger partial charge in [0.15, 0.2) is 5.78 Å². The first-order valence-electron chi connectivity index (χ1n) is 10.5. The summed E-state index contributed by atoms with van der Waals surface area (Å²) in [6.07, 6.45) is 0.856. The zero-order valence-corrected chi connectivity index (χ0v) is 19.6. The Bertz CT molecular complexity index is 1450. The second-order valence-electron chi connectivity index (χ2n) is 9.00. The number of thiazole rings is 1. The standard InChI is InChI=1S/C26H20ClFN2O2S/c1-26(2)12-22-17(23(31)13-26)11-18(25(32)30(22)21-6-4-3-5-19(21)28)24-29-20(14-33-24)15-7-9-16(27)10-8-15/h3-11,14H,12-13H2,1-2H3. The lowest BCUT2D eigenvalue weighted by molar-refractivity contribution is 0.0909. The van der Waals surface area contributed by atoms with Crippen molar-refractivity contribution in [2.75, 3.05) is 0 Å². The Morgan fingerprint density at radius 1 is 1.03 bits per heavy atom. The molecule has 0 N–H and O–H groups in total. The van der Waals surface area contributed by atoms with Crippen molar-refractivity contribution in [2.24, 2.45) is 5.41 Å². The fraction of sp³-hybridized carbons (Fsp3) is 0.192. The third-order valence-electron chi connectivity index (χ3n) is 5.86. The summed E-state index contributed by atoms with van der Waals surface area (Å²) < 4.78 is 16.2. The quantitative estimate of drug-likeness (QED) is 0.334. The number of rotatable bonds is 3. The summed E-state index contributed by atoms with van der Waals surface area (Å²) in [7, 11) is 0. The van der Waals surface area contributed by atoms with Crippen LogP contribution in [-0.4, -0.2) is 15.3 Å². The minimum absolute atomic E-state index is 0.0536. The monoisotopic (exact) mass is 478 g/mol. The highest BCUT2D eigenvalue weighted by atomic mass is 35.5. The van der Waals surface area contributed by atoms with Gasteiger partial charge in [-0.1, -0.05) is 49.7 Å². The van der Waals surface area contributed by atoms with Gasteiger partial charge in [-0.2, -0.15) is 0 Å². The Morgan fingerprint density at radius 3 is 2.48 bits per heavy atom. The van der Waals surface area contributed by atoms with Gasteiger partial charge in [0, 0.05) is 33.6 Å². The van der Waals surface area contributed by atoms with Crippen molar-refractivity contribution < 1.29 is 9.18 Å². The first kappa shape index (κ1) is 21.7. The summed E-state index contributed by atoms with van der Waals surface area (Å²) in [5.41, 5.74) is 2.28. The Labute approximate surface area is 199 Å². The van der Waals surface area contributed by atoms with Crippen LogP contribution in [0.25, 0.3) is 27.5 Å². The van der Waals surface area contributed by atoms with Gasteiger partial charge in [-0.15, -0.1) is 11.3 Å². The maximum absolute atomic E-state index is 14.8. The number of nitrogens with zero attached hydrogens (tertiary/aromatic N) is 2. The Kier molecular flexibility index (Phi) is 5.30. The van der Waals surface area contributed by atoms with Gasteiger partial charge >= 0.3 is 0 Å². The first-order chi connectivity index (χ1) is 15.7. The second-order valence-corrected chi connectivity index (χ2v) is 10.3. The smallest absolute Gasteiger partial charge is 0.265 e. The van der Waals surface area contributed by atoms with E-state index in [0.29, 0.717) is 39.8 Å². The molecule has 4 aromatic rings. The number of para-hydroxylation sites is 1. The predicted molar refractivity (Wildman–Crippen MR) is 130 cm³/mol. The van der Waals surface area contributed by atoms with E-state index in [1.165, 1.54) is 22.0 Å². The van der Waals surface area contributed by atoms with Gasteiger partial charge in [0.1, 0.15) is 10.8 Å². The minimum atomic E-state index is -0.518. The summed E-state index contributed by atoms with van der Waals surface area (Å²) in [5, 5.41) is 2.96. The molecule has 0 spiro atoms. The van der Waals surface area contributed by atoms with E-state index in [2.05, 4.69) is 4.98 Å². The van der Waals surface area contributed by atoms with Gasteiger partial charge in [0.25, 0.3) is 5.56 Å². The molecule has 2 aromatic carbocycles. The van der Waals surface area contributed by atoms with Gasteiger partial charge in [0.05, 0.1) is 16.9 Å². The van der Waals surface area contributed by atoms with E-state index in [4.69, 9.17) is 11.6 Å². The van der Waals surface area contributed by atoms with Crippen LogP contribution in [0.3, 0.4) is 0 Å². The van der Waals surface area contributed by atoms with Crippen LogP contribution in [0.5, 0.6) is 0 Å². The lowest BCUT2D eigenvalue weighted by atomic mass is 9.75. The maximum Gasteiger partial charge on any atom is 0.265 e. The molecule has 0 atom stereocenters. The van der Waals surface area contributed by atoms with E-state index in [1.807, 2.05) is 31.4 Å². The van der Waals surface area contributed by atoms with Crippen LogP contribution in [0.1, 0.15) is 36.3 Å². The zero-order chi connectivity index (χ0) is 23.3. The molecule has 33 heavy (non-hydrogen) atoms. The topological polar surface area (TPSA) is 52.0 Å². The molecule has 1 aliphatic rings. The molecule has 0 fully saturated rings. The summed E-state index contributed by atoms with van der Waals surface area (Å²) in [6.45, 7) is 3.97. The summed E-state index contributed by atoms with van der Waals surface area (Å²) >= 11 is 7.30. The number of hydrogen-bond donors (Lipinski definition) is 0. The fourth-order valence-corrected chi connectivity index (χ4v) is 5.27. The summed E-state index contributed by atoms with van der Waals surface area (Å²) in [5.74, 6) is -0.571. The van der Waals surface area contributed by atoms with Crippen molar-refractivity contribution in [1.29, 1.82) is 0 Å². The Morgan fingerprint density at radius 2 is 1.76 bits per heavy atom. The van der Waals surface area contributed by atoms with Gasteiger partial charge in [0.2, 0.25) is 0 Å². The summed E-state index contributed by atoms with van der Waals surface area (Å²) in [4.78, 5) is 31.5. The van der Waals surface area contributed by atoms with E-state index >= 15 is 0 Å². The number of hydrogen-bond acceptors (Lipinski definition) is 4. The molecule has 5 rings (SSSR count). The predicted octanol–water partition coefficient (Wildman–Crippen LogP) is 6.58. The van der Waals surface area contributed by atoms with Crippen LogP contribution < -0.4 is 5.56 Å². The van der Waals surface area contributed by atoms with E-state index in [0.717, 1.165) is 5.56 Å². The first-order valence-corrected chi connectivity index (χ1v) is 11.8. The average molecular weight is 479 g/mol. The van der Waals surface area contributed by atoms with Gasteiger partial charge in [-0.3, -0.25) is 14.2 Å².